The standard InChI is InChI=1S/C26H34FN5O4/c1-4-30-14-16(2)32-21-20(23(33)22(32)26(30)35)25(34)31-15-17-9-10-18(27)13-19(17)36-12-8-6-5-7-11-29(3)24(21)28-31/h9-10,13,16,20-21,33H,4-8,11-12,14-15H2,1-3H3/t16-,20?,21?/m0/s1. The molecule has 0 aliphatic carbocycles. The Balaban J connectivity index is 1.59. The number of hydrogen-bond donors (Lipinski definition) is 1. The number of amidine groups is 1. The van der Waals surface area contributed by atoms with E-state index in [9.17, 15) is 19.1 Å². The summed E-state index contributed by atoms with van der Waals surface area (Å²) in [4.78, 5) is 32.7. The average Bonchev–Trinajstić information content (AvgIpc) is 3.17. The average molecular weight is 500 g/mol. The van der Waals surface area contributed by atoms with E-state index in [2.05, 4.69) is 0 Å². The Bertz CT molecular complexity index is 1120. The molecule has 10 heteroatoms. The van der Waals surface area contributed by atoms with Crippen molar-refractivity contribution in [1.29, 1.82) is 0 Å². The first-order chi connectivity index (χ1) is 17.3. The lowest BCUT2D eigenvalue weighted by Gasteiger charge is -2.46. The highest BCUT2D eigenvalue weighted by Gasteiger charge is 2.57. The summed E-state index contributed by atoms with van der Waals surface area (Å²) in [5.41, 5.74) is 0.834. The zero-order valence-corrected chi connectivity index (χ0v) is 21.1. The fourth-order valence-electron chi connectivity index (χ4n) is 5.75. The van der Waals surface area contributed by atoms with Crippen molar-refractivity contribution in [2.45, 2.75) is 58.2 Å². The highest BCUT2D eigenvalue weighted by atomic mass is 19.1. The maximum absolute atomic E-state index is 14.0. The fraction of sp³-hybridized carbons (Fsp3) is 0.577. The molecule has 5 rings (SSSR count). The molecule has 1 N–H and O–H groups in total. The lowest BCUT2D eigenvalue weighted by Crippen LogP contribution is -2.61. The van der Waals surface area contributed by atoms with Gasteiger partial charge in [-0.3, -0.25) is 9.59 Å². The maximum Gasteiger partial charge on any atom is 0.273 e. The van der Waals surface area contributed by atoms with E-state index in [0.717, 1.165) is 32.2 Å². The second-order valence-electron chi connectivity index (χ2n) is 10.0. The third kappa shape index (κ3) is 4.06. The van der Waals surface area contributed by atoms with Crippen LogP contribution in [0.25, 0.3) is 0 Å². The van der Waals surface area contributed by atoms with Crippen molar-refractivity contribution in [3.8, 4) is 5.75 Å². The molecule has 1 fully saturated rings. The van der Waals surface area contributed by atoms with Gasteiger partial charge in [-0.05, 0) is 32.8 Å². The van der Waals surface area contributed by atoms with Gasteiger partial charge in [-0.2, -0.15) is 5.10 Å². The second-order valence-corrected chi connectivity index (χ2v) is 10.0. The molecule has 4 heterocycles. The zero-order chi connectivity index (χ0) is 25.6. The van der Waals surface area contributed by atoms with Crippen molar-refractivity contribution in [1.82, 2.24) is 19.7 Å². The van der Waals surface area contributed by atoms with Crippen LogP contribution in [0.3, 0.4) is 0 Å². The topological polar surface area (TPSA) is 88.9 Å². The minimum atomic E-state index is -0.934. The highest BCUT2D eigenvalue weighted by molar-refractivity contribution is 6.04. The van der Waals surface area contributed by atoms with E-state index in [1.165, 1.54) is 17.1 Å². The predicted octanol–water partition coefficient (Wildman–Crippen LogP) is 2.69. The maximum atomic E-state index is 14.0. The van der Waals surface area contributed by atoms with Gasteiger partial charge in [-0.25, -0.2) is 9.40 Å². The Labute approximate surface area is 210 Å². The first kappa shape index (κ1) is 24.4. The molecule has 36 heavy (non-hydrogen) atoms. The number of amides is 2. The summed E-state index contributed by atoms with van der Waals surface area (Å²) in [6, 6.07) is 3.65. The number of carbonyl (C=O) groups excluding carboxylic acids is 2. The number of hydrazone groups is 1. The molecule has 0 radical (unpaired) electrons. The molecule has 9 nitrogen and oxygen atoms in total. The van der Waals surface area contributed by atoms with Crippen molar-refractivity contribution in [3.63, 3.8) is 0 Å². The van der Waals surface area contributed by atoms with Gasteiger partial charge in [0.2, 0.25) is 0 Å². The number of ether oxygens (including phenoxy) is 1. The molecule has 0 spiro atoms. The van der Waals surface area contributed by atoms with Gasteiger partial charge in [0.15, 0.2) is 0 Å². The van der Waals surface area contributed by atoms with Crippen LogP contribution in [0.15, 0.2) is 34.8 Å². The normalized spacial score (nSPS) is 27.2. The van der Waals surface area contributed by atoms with Gasteiger partial charge in [-0.1, -0.05) is 18.9 Å². The van der Waals surface area contributed by atoms with Crippen LogP contribution in [-0.2, 0) is 16.1 Å². The smallest absolute Gasteiger partial charge is 0.273 e. The molecule has 4 aliphatic rings. The first-order valence-corrected chi connectivity index (χ1v) is 12.8. The van der Waals surface area contributed by atoms with Crippen molar-refractivity contribution in [2.24, 2.45) is 11.0 Å². The lowest BCUT2D eigenvalue weighted by molar-refractivity contribution is -0.139. The van der Waals surface area contributed by atoms with Gasteiger partial charge in [-0.15, -0.1) is 0 Å². The number of piperazine rings is 1. The third-order valence-corrected chi connectivity index (χ3v) is 7.64. The molecule has 2 bridgehead atoms. The van der Waals surface area contributed by atoms with Crippen LogP contribution in [0, 0.1) is 11.7 Å². The number of halogens is 1. The quantitative estimate of drug-likeness (QED) is 0.639. The van der Waals surface area contributed by atoms with Crippen LogP contribution >= 0.6 is 0 Å². The Morgan fingerprint density at radius 3 is 2.75 bits per heavy atom. The van der Waals surface area contributed by atoms with Crippen LogP contribution in [0.5, 0.6) is 5.75 Å². The van der Waals surface area contributed by atoms with Crippen LogP contribution in [0.4, 0.5) is 4.39 Å². The van der Waals surface area contributed by atoms with E-state index < -0.39 is 17.8 Å². The lowest BCUT2D eigenvalue weighted by atomic mass is 9.94. The van der Waals surface area contributed by atoms with E-state index in [1.54, 1.807) is 11.0 Å². The van der Waals surface area contributed by atoms with Gasteiger partial charge in [0, 0.05) is 44.4 Å². The molecule has 3 atom stereocenters. The summed E-state index contributed by atoms with van der Waals surface area (Å²) < 4.78 is 19.9. The molecule has 1 saturated heterocycles. The van der Waals surface area contributed by atoms with E-state index >= 15 is 0 Å². The Morgan fingerprint density at radius 1 is 1.19 bits per heavy atom. The summed E-state index contributed by atoms with van der Waals surface area (Å²) in [7, 11) is 1.95. The number of hydrogen-bond acceptors (Lipinski definition) is 7. The number of aliphatic hydroxyl groups is 1. The van der Waals surface area contributed by atoms with Crippen molar-refractivity contribution < 1.29 is 23.8 Å². The minimum Gasteiger partial charge on any atom is -0.509 e. The molecular formula is C26H34FN5O4. The molecule has 194 valence electrons. The summed E-state index contributed by atoms with van der Waals surface area (Å²) in [5.74, 6) is -1.15. The molecule has 2 unspecified atom stereocenters. The molecule has 1 aromatic rings. The van der Waals surface area contributed by atoms with E-state index in [-0.39, 0.29) is 35.9 Å². The van der Waals surface area contributed by atoms with Gasteiger partial charge < -0.3 is 24.5 Å². The van der Waals surface area contributed by atoms with E-state index in [0.29, 0.717) is 36.8 Å². The number of aliphatic hydroxyl groups excluding tert-OH is 1. The Morgan fingerprint density at radius 2 is 1.97 bits per heavy atom. The van der Waals surface area contributed by atoms with Gasteiger partial charge in [0.1, 0.15) is 40.8 Å². The number of benzene rings is 1. The van der Waals surface area contributed by atoms with Crippen molar-refractivity contribution in [2.75, 3.05) is 33.3 Å². The number of carbonyl (C=O) groups is 2. The van der Waals surface area contributed by atoms with E-state index in [1.807, 2.05) is 30.7 Å². The zero-order valence-electron chi connectivity index (χ0n) is 21.1. The van der Waals surface area contributed by atoms with Crippen molar-refractivity contribution in [3.05, 3.63) is 41.0 Å². The number of likely N-dealkylation sites (N-methyl/N-ethyl adjacent to an activating group) is 2. The largest absolute Gasteiger partial charge is 0.509 e. The van der Waals surface area contributed by atoms with Gasteiger partial charge in [0.25, 0.3) is 11.8 Å². The van der Waals surface area contributed by atoms with Crippen LogP contribution < -0.4 is 4.74 Å². The predicted molar refractivity (Wildman–Crippen MR) is 131 cm³/mol. The summed E-state index contributed by atoms with van der Waals surface area (Å²) in [5, 5.41) is 17.5. The van der Waals surface area contributed by atoms with Crippen molar-refractivity contribution >= 4 is 17.6 Å². The minimum absolute atomic E-state index is 0.0716. The van der Waals surface area contributed by atoms with Crippen LogP contribution in [0.2, 0.25) is 0 Å². The third-order valence-electron chi connectivity index (χ3n) is 7.64. The van der Waals surface area contributed by atoms with E-state index in [4.69, 9.17) is 9.84 Å². The first-order valence-electron chi connectivity index (χ1n) is 12.8. The summed E-state index contributed by atoms with van der Waals surface area (Å²) in [6.07, 6.45) is 3.76. The molecular weight excluding hydrogens is 465 g/mol. The molecule has 4 aliphatic heterocycles. The van der Waals surface area contributed by atoms with Gasteiger partial charge >= 0.3 is 0 Å². The number of rotatable bonds is 1. The molecule has 1 aromatic carbocycles. The Kier molecular flexibility index (Phi) is 6.53. The molecule has 2 amide bonds. The molecule has 0 saturated carbocycles. The number of nitrogens with zero attached hydrogens (tertiary/aromatic N) is 5. The fourth-order valence-corrected chi connectivity index (χ4v) is 5.75. The van der Waals surface area contributed by atoms with Crippen LogP contribution in [0.1, 0.15) is 45.1 Å². The summed E-state index contributed by atoms with van der Waals surface area (Å²) in [6.45, 7) is 6.23. The monoisotopic (exact) mass is 499 g/mol. The second kappa shape index (κ2) is 9.63. The SMILES string of the molecule is CCN1C[C@H](C)N2C(=C(O)C3C(=O)N4Cc5ccc(F)cc5OCCCCCCN(C)C(=N4)C32)C1=O. The van der Waals surface area contributed by atoms with Crippen LogP contribution in [-0.4, -0.2) is 87.8 Å². The summed E-state index contributed by atoms with van der Waals surface area (Å²) >= 11 is 0. The number of fused-ring (bicyclic) bond motifs is 6. The highest BCUT2D eigenvalue weighted by Crippen LogP contribution is 2.42. The van der Waals surface area contributed by atoms with Gasteiger partial charge in [0.05, 0.1) is 13.2 Å². The molecule has 0 aromatic heterocycles. The Hall–Kier alpha value is -3.30.